The Balaban J connectivity index is 1.36. The summed E-state index contributed by atoms with van der Waals surface area (Å²) in [6, 6.07) is 11.7. The van der Waals surface area contributed by atoms with Gasteiger partial charge in [0.2, 0.25) is 0 Å². The van der Waals surface area contributed by atoms with Crippen molar-refractivity contribution in [1.82, 2.24) is 4.98 Å². The third kappa shape index (κ3) is 3.67. The number of nitriles is 1. The topological polar surface area (TPSA) is 92.1 Å². The van der Waals surface area contributed by atoms with E-state index >= 15 is 0 Å². The van der Waals surface area contributed by atoms with Gasteiger partial charge in [-0.15, -0.1) is 22.7 Å². The molecule has 0 spiro atoms. The van der Waals surface area contributed by atoms with Gasteiger partial charge >= 0.3 is 5.97 Å². The molecular weight excluding hydrogens is 394 g/mol. The van der Waals surface area contributed by atoms with E-state index in [0.29, 0.717) is 15.6 Å². The number of fused-ring (bicyclic) bond motifs is 1. The second kappa shape index (κ2) is 7.92. The number of aryl methyl sites for hydroxylation is 1. The number of thiazole rings is 1. The van der Waals surface area contributed by atoms with Gasteiger partial charge in [0.15, 0.2) is 12.3 Å². The van der Waals surface area contributed by atoms with Crippen molar-refractivity contribution in [1.29, 1.82) is 5.26 Å². The fraction of sp³-hybridized carbons (Fsp3) is 0.200. The Bertz CT molecular complexity index is 1080. The van der Waals surface area contributed by atoms with Gasteiger partial charge in [-0.25, -0.2) is 9.78 Å². The number of nitrogens with one attached hydrogen (secondary N) is 1. The molecule has 0 radical (unpaired) electrons. The number of carbonyl (C=O) groups is 2. The summed E-state index contributed by atoms with van der Waals surface area (Å²) < 4.78 is 5.08. The van der Waals surface area contributed by atoms with E-state index < -0.39 is 18.5 Å². The SMILES string of the molecule is N#Cc1c(NC(=O)COC(=O)c2csc(-c3ccccc3)n2)sc2c1CCC2. The number of carbonyl (C=O) groups excluding carboxylic acids is 2. The van der Waals surface area contributed by atoms with Crippen LogP contribution in [0.5, 0.6) is 0 Å². The number of ether oxygens (including phenoxy) is 1. The highest BCUT2D eigenvalue weighted by atomic mass is 32.1. The molecule has 0 fully saturated rings. The van der Waals surface area contributed by atoms with Crippen LogP contribution in [0.2, 0.25) is 0 Å². The highest BCUT2D eigenvalue weighted by Crippen LogP contribution is 2.38. The molecule has 140 valence electrons. The fourth-order valence-corrected chi connectivity index (χ4v) is 5.11. The average Bonchev–Trinajstić information content (AvgIpc) is 3.43. The van der Waals surface area contributed by atoms with Crippen LogP contribution < -0.4 is 5.32 Å². The Morgan fingerprint density at radius 1 is 1.25 bits per heavy atom. The smallest absolute Gasteiger partial charge is 0.358 e. The zero-order valence-corrected chi connectivity index (χ0v) is 16.4. The fourth-order valence-electron chi connectivity index (χ4n) is 3.06. The molecule has 1 aromatic carbocycles. The van der Waals surface area contributed by atoms with Crippen molar-refractivity contribution in [3.63, 3.8) is 0 Å². The Labute approximate surface area is 169 Å². The first-order chi connectivity index (χ1) is 13.7. The van der Waals surface area contributed by atoms with Crippen molar-refractivity contribution in [3.8, 4) is 16.6 Å². The summed E-state index contributed by atoms with van der Waals surface area (Å²) in [5.41, 5.74) is 2.66. The maximum Gasteiger partial charge on any atom is 0.358 e. The number of amides is 1. The van der Waals surface area contributed by atoms with Gasteiger partial charge in [0, 0.05) is 15.8 Å². The van der Waals surface area contributed by atoms with E-state index in [1.165, 1.54) is 22.7 Å². The van der Waals surface area contributed by atoms with Crippen molar-refractivity contribution in [2.45, 2.75) is 19.3 Å². The van der Waals surface area contributed by atoms with Crippen molar-refractivity contribution in [2.24, 2.45) is 0 Å². The van der Waals surface area contributed by atoms with Crippen LogP contribution in [0.3, 0.4) is 0 Å². The van der Waals surface area contributed by atoms with Crippen molar-refractivity contribution in [2.75, 3.05) is 11.9 Å². The van der Waals surface area contributed by atoms with E-state index in [2.05, 4.69) is 16.4 Å². The molecule has 0 aliphatic heterocycles. The zero-order chi connectivity index (χ0) is 19.5. The normalized spacial score (nSPS) is 12.2. The molecule has 3 aromatic rings. The van der Waals surface area contributed by atoms with Crippen LogP contribution in [0.15, 0.2) is 35.7 Å². The highest BCUT2D eigenvalue weighted by molar-refractivity contribution is 7.16. The number of nitrogens with zero attached hydrogens (tertiary/aromatic N) is 2. The molecule has 0 saturated carbocycles. The number of aromatic nitrogens is 1. The van der Waals surface area contributed by atoms with E-state index in [4.69, 9.17) is 4.74 Å². The van der Waals surface area contributed by atoms with Crippen LogP contribution in [0.25, 0.3) is 10.6 Å². The van der Waals surface area contributed by atoms with Gasteiger partial charge in [0.05, 0.1) is 5.56 Å². The second-order valence-electron chi connectivity index (χ2n) is 6.20. The molecule has 1 aliphatic rings. The molecule has 6 nitrogen and oxygen atoms in total. The third-order valence-electron chi connectivity index (χ3n) is 4.35. The van der Waals surface area contributed by atoms with Crippen molar-refractivity contribution >= 4 is 39.6 Å². The minimum Gasteiger partial charge on any atom is -0.451 e. The van der Waals surface area contributed by atoms with E-state index in [-0.39, 0.29) is 5.69 Å². The van der Waals surface area contributed by atoms with Gasteiger partial charge in [0.1, 0.15) is 16.1 Å². The Morgan fingerprint density at radius 3 is 2.86 bits per heavy atom. The second-order valence-corrected chi connectivity index (χ2v) is 8.16. The van der Waals surface area contributed by atoms with E-state index in [1.54, 1.807) is 5.38 Å². The predicted molar refractivity (Wildman–Crippen MR) is 108 cm³/mol. The number of thiophene rings is 1. The zero-order valence-electron chi connectivity index (χ0n) is 14.7. The summed E-state index contributed by atoms with van der Waals surface area (Å²) in [7, 11) is 0. The molecule has 1 amide bonds. The van der Waals surface area contributed by atoms with Gasteiger partial charge in [0.25, 0.3) is 5.91 Å². The number of anilines is 1. The highest BCUT2D eigenvalue weighted by Gasteiger charge is 2.23. The molecule has 28 heavy (non-hydrogen) atoms. The van der Waals surface area contributed by atoms with Gasteiger partial charge in [-0.1, -0.05) is 30.3 Å². The van der Waals surface area contributed by atoms with Gasteiger partial charge in [-0.05, 0) is 24.8 Å². The largest absolute Gasteiger partial charge is 0.451 e. The number of hydrogen-bond donors (Lipinski definition) is 1. The molecule has 0 unspecified atom stereocenters. The summed E-state index contributed by atoms with van der Waals surface area (Å²) in [4.78, 5) is 29.8. The van der Waals surface area contributed by atoms with Gasteiger partial charge in [-0.3, -0.25) is 4.79 Å². The average molecular weight is 409 g/mol. The first-order valence-electron chi connectivity index (χ1n) is 8.68. The summed E-state index contributed by atoms with van der Waals surface area (Å²) >= 11 is 2.77. The standard InChI is InChI=1S/C20H15N3O3S2/c21-9-14-13-7-4-8-16(13)28-19(14)23-17(24)10-26-20(25)15-11-27-18(22-15)12-5-2-1-3-6-12/h1-3,5-6,11H,4,7-8,10H2,(H,23,24). The van der Waals surface area contributed by atoms with Gasteiger partial charge < -0.3 is 10.1 Å². The quantitative estimate of drug-likeness (QED) is 0.643. The minimum absolute atomic E-state index is 0.171. The molecule has 8 heteroatoms. The van der Waals surface area contributed by atoms with Crippen molar-refractivity contribution in [3.05, 3.63) is 57.4 Å². The molecule has 2 heterocycles. The third-order valence-corrected chi connectivity index (χ3v) is 6.45. The number of hydrogen-bond acceptors (Lipinski definition) is 7. The molecular formula is C20H15N3O3S2. The molecule has 1 N–H and O–H groups in total. The molecule has 2 aromatic heterocycles. The van der Waals surface area contributed by atoms with E-state index in [9.17, 15) is 14.9 Å². The lowest BCUT2D eigenvalue weighted by molar-refractivity contribution is -0.119. The van der Waals surface area contributed by atoms with Crippen LogP contribution in [0, 0.1) is 11.3 Å². The van der Waals surface area contributed by atoms with Gasteiger partial charge in [-0.2, -0.15) is 5.26 Å². The number of benzene rings is 1. The first-order valence-corrected chi connectivity index (χ1v) is 10.4. The number of rotatable bonds is 5. The van der Waals surface area contributed by atoms with Crippen molar-refractivity contribution < 1.29 is 14.3 Å². The minimum atomic E-state index is -0.650. The Hall–Kier alpha value is -3.02. The van der Waals surface area contributed by atoms with Crippen LogP contribution >= 0.6 is 22.7 Å². The molecule has 0 bridgehead atoms. The van der Waals surface area contributed by atoms with Crippen LogP contribution in [0.1, 0.15) is 32.9 Å². The monoisotopic (exact) mass is 409 g/mol. The Kier molecular flexibility index (Phi) is 5.19. The lowest BCUT2D eigenvalue weighted by Gasteiger charge is -2.05. The van der Waals surface area contributed by atoms with Crippen LogP contribution in [-0.4, -0.2) is 23.5 Å². The summed E-state index contributed by atoms with van der Waals surface area (Å²) in [5.74, 6) is -1.12. The summed E-state index contributed by atoms with van der Waals surface area (Å²) in [6.45, 7) is -0.426. The van der Waals surface area contributed by atoms with E-state index in [1.807, 2.05) is 30.3 Å². The van der Waals surface area contributed by atoms with Crippen LogP contribution in [0.4, 0.5) is 5.00 Å². The lowest BCUT2D eigenvalue weighted by atomic mass is 10.1. The molecule has 0 saturated heterocycles. The predicted octanol–water partition coefficient (Wildman–Crippen LogP) is 4.03. The molecule has 4 rings (SSSR count). The Morgan fingerprint density at radius 2 is 2.07 bits per heavy atom. The first kappa shape index (κ1) is 18.3. The maximum atomic E-state index is 12.2. The number of esters is 1. The summed E-state index contributed by atoms with van der Waals surface area (Å²) in [6.07, 6.45) is 2.85. The molecule has 0 atom stereocenters. The van der Waals surface area contributed by atoms with Crippen LogP contribution in [-0.2, 0) is 22.4 Å². The van der Waals surface area contributed by atoms with E-state index in [0.717, 1.165) is 35.3 Å². The lowest BCUT2D eigenvalue weighted by Crippen LogP contribution is -2.21. The maximum absolute atomic E-state index is 12.2. The molecule has 1 aliphatic carbocycles. The summed E-state index contributed by atoms with van der Waals surface area (Å²) in [5, 5.41) is 14.9.